The minimum Gasteiger partial charge on any atom is -0.466 e. The Labute approximate surface area is 404 Å². The summed E-state index contributed by atoms with van der Waals surface area (Å²) in [7, 11) is -2.38. The second-order valence-electron chi connectivity index (χ2n) is 18.3. The van der Waals surface area contributed by atoms with Crippen LogP contribution in [-0.4, -0.2) is 82.8 Å². The molecule has 0 saturated carbocycles. The zero-order valence-electron chi connectivity index (χ0n) is 41.7. The van der Waals surface area contributed by atoms with Gasteiger partial charge in [0.15, 0.2) is 6.54 Å². The number of carbonyl (C=O) groups is 4. The number of ether oxygens (including phenoxy) is 1. The van der Waals surface area contributed by atoms with E-state index in [1.165, 1.54) is 28.7 Å². The van der Waals surface area contributed by atoms with Gasteiger partial charge < -0.3 is 30.0 Å². The van der Waals surface area contributed by atoms with Crippen LogP contribution in [0.4, 0.5) is 5.69 Å². The molecule has 3 N–H and O–H groups in total. The number of anilines is 1. The van der Waals surface area contributed by atoms with Gasteiger partial charge in [-0.3, -0.25) is 19.2 Å². The van der Waals surface area contributed by atoms with Crippen LogP contribution in [0.25, 0.3) is 17.2 Å². The Balaban J connectivity index is 1.53. The molecule has 2 aromatic carbocycles. The van der Waals surface area contributed by atoms with Crippen molar-refractivity contribution in [1.29, 1.82) is 0 Å². The summed E-state index contributed by atoms with van der Waals surface area (Å²) in [4.78, 5) is 55.4. The number of benzene rings is 2. The van der Waals surface area contributed by atoms with E-state index in [9.17, 15) is 27.6 Å². The standard InChI is InChI=1S/C53H74N6O8S/c1-9-14-34-58-43-22-18-17-21-42(43)52(6,7)46(58)29-25-39-35-40(38-53(37-39,50(62)55-12-4)51(63)56-31-19-15-16-24-49(61)66-13-5)26-30-48-59(32-10-2)44-28-27-41(36-45(44)67-48)68(64,65)57(8)33-20-23-47(60)54-11-3/h17-18,21-22,25-30,35-36H,9-16,19-20,23-24,31-34,37-38H2,1-8H3,(H2-,54,55,56,60,62,63)/p+1. The van der Waals surface area contributed by atoms with E-state index in [1.54, 1.807) is 19.1 Å². The summed E-state index contributed by atoms with van der Waals surface area (Å²) in [5.74, 6) is -0.591. The first-order chi connectivity index (χ1) is 32.6. The van der Waals surface area contributed by atoms with Crippen molar-refractivity contribution in [3.8, 4) is 0 Å². The van der Waals surface area contributed by atoms with Crippen LogP contribution in [0.1, 0.15) is 131 Å². The van der Waals surface area contributed by atoms with E-state index in [0.29, 0.717) is 76.4 Å². The van der Waals surface area contributed by atoms with Crippen molar-refractivity contribution in [2.75, 3.05) is 51.3 Å². The fraction of sp³-hybridized carbons (Fsp3) is 0.528. The van der Waals surface area contributed by atoms with Crippen LogP contribution in [0.5, 0.6) is 0 Å². The molecule has 2 aliphatic rings. The van der Waals surface area contributed by atoms with E-state index >= 15 is 0 Å². The third-order valence-electron chi connectivity index (χ3n) is 12.8. The number of oxazole rings is 1. The topological polar surface area (TPSA) is 171 Å². The number of aromatic nitrogens is 1. The first kappa shape index (κ1) is 53.4. The molecule has 1 aliphatic heterocycles. The van der Waals surface area contributed by atoms with Crippen molar-refractivity contribution < 1.29 is 41.3 Å². The van der Waals surface area contributed by atoms with E-state index in [1.807, 2.05) is 30.6 Å². The van der Waals surface area contributed by atoms with Crippen molar-refractivity contribution in [2.45, 2.75) is 136 Å². The highest BCUT2D eigenvalue weighted by atomic mass is 32.2. The van der Waals surface area contributed by atoms with Gasteiger partial charge >= 0.3 is 11.9 Å². The minimum absolute atomic E-state index is 0.0795. The summed E-state index contributed by atoms with van der Waals surface area (Å²) < 4.78 is 42.1. The Morgan fingerprint density at radius 1 is 0.853 bits per heavy atom. The average molecular weight is 956 g/mol. The SMILES string of the molecule is CCCCN1C(=CC=C2C=C(C=Cc3oc4cc(S(=O)(=O)N(C)CCCC(=O)NCC)ccc4[n+]3CCC)CC(C(=O)NCC)(C(=O)NCCCCCC(=O)OCC)C2)C(C)(C)c2ccccc21. The highest BCUT2D eigenvalue weighted by Gasteiger charge is 2.48. The fourth-order valence-electron chi connectivity index (χ4n) is 9.18. The Morgan fingerprint density at radius 2 is 1.60 bits per heavy atom. The van der Waals surface area contributed by atoms with E-state index in [4.69, 9.17) is 9.15 Å². The molecule has 0 fully saturated rings. The number of rotatable bonds is 25. The number of para-hydroxylation sites is 1. The third kappa shape index (κ3) is 12.8. The molecule has 1 unspecified atom stereocenters. The first-order valence-corrected chi connectivity index (χ1v) is 26.1. The van der Waals surface area contributed by atoms with Gasteiger partial charge in [0.05, 0.1) is 17.6 Å². The molecular weight excluding hydrogens is 881 g/mol. The zero-order chi connectivity index (χ0) is 49.5. The molecule has 1 atom stereocenters. The smallest absolute Gasteiger partial charge is 0.374 e. The number of fused-ring (bicyclic) bond motifs is 2. The third-order valence-corrected chi connectivity index (χ3v) is 14.6. The molecule has 0 bridgehead atoms. The Kier molecular flexibility index (Phi) is 19.4. The van der Waals surface area contributed by atoms with Crippen LogP contribution in [0.2, 0.25) is 0 Å². The van der Waals surface area contributed by atoms with Crippen molar-refractivity contribution in [2.24, 2.45) is 5.41 Å². The second kappa shape index (κ2) is 24.7. The monoisotopic (exact) mass is 956 g/mol. The quantitative estimate of drug-likeness (QED) is 0.0328. The summed E-state index contributed by atoms with van der Waals surface area (Å²) in [5.41, 5.74) is 4.49. The number of amides is 3. The predicted molar refractivity (Wildman–Crippen MR) is 268 cm³/mol. The molecule has 5 rings (SSSR count). The lowest BCUT2D eigenvalue weighted by atomic mass is 9.70. The van der Waals surface area contributed by atoms with Crippen molar-refractivity contribution in [3.63, 3.8) is 0 Å². The van der Waals surface area contributed by atoms with Crippen LogP contribution in [0.15, 0.2) is 92.9 Å². The lowest BCUT2D eigenvalue weighted by Gasteiger charge is -2.35. The molecule has 2 heterocycles. The van der Waals surface area contributed by atoms with Gasteiger partial charge in [-0.15, -0.1) is 0 Å². The molecule has 3 amide bonds. The first-order valence-electron chi connectivity index (χ1n) is 24.7. The van der Waals surface area contributed by atoms with Crippen molar-refractivity contribution >= 4 is 56.6 Å². The molecule has 0 spiro atoms. The van der Waals surface area contributed by atoms with Crippen LogP contribution in [0, 0.1) is 5.41 Å². The summed E-state index contributed by atoms with van der Waals surface area (Å²) in [6, 6.07) is 13.4. The molecule has 3 aromatic rings. The number of nitrogens with one attached hydrogen (secondary N) is 3. The fourth-order valence-corrected chi connectivity index (χ4v) is 10.4. The van der Waals surface area contributed by atoms with E-state index in [-0.39, 0.29) is 59.8 Å². The lowest BCUT2D eigenvalue weighted by Crippen LogP contribution is -2.52. The molecule has 15 heteroatoms. The number of carbonyl (C=O) groups excluding carboxylic acids is 4. The van der Waals surface area contributed by atoms with Gasteiger partial charge in [0.1, 0.15) is 5.41 Å². The van der Waals surface area contributed by atoms with Gasteiger partial charge in [-0.1, -0.05) is 70.9 Å². The Bertz CT molecular complexity index is 2500. The number of aryl methyl sites for hydroxylation is 1. The van der Waals surface area contributed by atoms with Crippen LogP contribution >= 0.6 is 0 Å². The zero-order valence-corrected chi connectivity index (χ0v) is 42.5. The number of nitrogens with zero attached hydrogens (tertiary/aromatic N) is 3. The maximum atomic E-state index is 14.6. The summed E-state index contributed by atoms with van der Waals surface area (Å²) >= 11 is 0. The number of sulfonamides is 1. The van der Waals surface area contributed by atoms with E-state index in [2.05, 4.69) is 91.0 Å². The van der Waals surface area contributed by atoms with Gasteiger partial charge in [0.2, 0.25) is 33.3 Å². The second-order valence-corrected chi connectivity index (χ2v) is 20.3. The summed E-state index contributed by atoms with van der Waals surface area (Å²) in [6.45, 7) is 17.4. The average Bonchev–Trinajstić information content (AvgIpc) is 3.77. The molecule has 68 heavy (non-hydrogen) atoms. The van der Waals surface area contributed by atoms with E-state index in [0.717, 1.165) is 48.2 Å². The van der Waals surface area contributed by atoms with Gasteiger partial charge in [-0.2, -0.15) is 4.57 Å². The summed E-state index contributed by atoms with van der Waals surface area (Å²) in [5, 5.41) is 8.82. The molecule has 1 aromatic heterocycles. The molecule has 14 nitrogen and oxygen atoms in total. The molecular formula is C53H75N6O8S+. The maximum Gasteiger partial charge on any atom is 0.374 e. The summed E-state index contributed by atoms with van der Waals surface area (Å²) in [6.07, 6.45) is 16.0. The number of hydrogen-bond donors (Lipinski definition) is 3. The van der Waals surface area contributed by atoms with Crippen LogP contribution in [0.3, 0.4) is 0 Å². The minimum atomic E-state index is -3.89. The highest BCUT2D eigenvalue weighted by molar-refractivity contribution is 7.89. The number of esters is 1. The number of hydrogen-bond acceptors (Lipinski definition) is 9. The van der Waals surface area contributed by atoms with Gasteiger partial charge in [-0.25, -0.2) is 12.7 Å². The normalized spacial score (nSPS) is 18.1. The van der Waals surface area contributed by atoms with Crippen molar-refractivity contribution in [1.82, 2.24) is 20.3 Å². The maximum absolute atomic E-state index is 14.6. The number of unbranched alkanes of at least 4 members (excludes halogenated alkanes) is 3. The molecule has 0 radical (unpaired) electrons. The van der Waals surface area contributed by atoms with Crippen LogP contribution in [-0.2, 0) is 45.9 Å². The predicted octanol–water partition coefficient (Wildman–Crippen LogP) is 8.17. The highest BCUT2D eigenvalue weighted by Crippen LogP contribution is 2.48. The van der Waals surface area contributed by atoms with Gasteiger partial charge in [0.25, 0.3) is 5.52 Å². The largest absolute Gasteiger partial charge is 0.466 e. The number of allylic oxidation sites excluding steroid dienone is 7. The lowest BCUT2D eigenvalue weighted by molar-refractivity contribution is -0.678. The van der Waals surface area contributed by atoms with Gasteiger partial charge in [0, 0.05) is 88.0 Å². The molecule has 1 aliphatic carbocycles. The Morgan fingerprint density at radius 3 is 2.32 bits per heavy atom. The molecule has 370 valence electrons. The van der Waals surface area contributed by atoms with E-state index < -0.39 is 15.4 Å². The van der Waals surface area contributed by atoms with Gasteiger partial charge in [-0.05, 0) is 100 Å². The van der Waals surface area contributed by atoms with Crippen molar-refractivity contribution in [3.05, 3.63) is 95.1 Å². The van der Waals surface area contributed by atoms with Crippen LogP contribution < -0.4 is 25.4 Å². The Hall–Kier alpha value is -5.54. The molecule has 0 saturated heterocycles.